The molecular weight excluding hydrogens is 648 g/mol. The predicted octanol–water partition coefficient (Wildman–Crippen LogP) is 8.88. The summed E-state index contributed by atoms with van der Waals surface area (Å²) in [5, 5.41) is 7.88. The van der Waals surface area contributed by atoms with Crippen molar-refractivity contribution >= 4 is 18.9 Å². The third-order valence-electron chi connectivity index (χ3n) is 6.04. The normalized spacial score (nSPS) is 11.1. The number of allylic oxidation sites excluding steroid dienone is 4. The smallest absolute Gasteiger partial charge is 0.310 e. The maximum atomic E-state index is 11.5. The van der Waals surface area contributed by atoms with Crippen molar-refractivity contribution in [2.75, 3.05) is 33.5 Å². The van der Waals surface area contributed by atoms with Gasteiger partial charge in [0.2, 0.25) is 0 Å². The van der Waals surface area contributed by atoms with Crippen molar-refractivity contribution in [2.24, 2.45) is 5.92 Å². The van der Waals surface area contributed by atoms with Crippen LogP contribution in [-0.2, 0) is 38.1 Å². The van der Waals surface area contributed by atoms with Crippen LogP contribution in [0.4, 0.5) is 0 Å². The lowest BCUT2D eigenvalue weighted by molar-refractivity contribution is -0.149. The highest BCUT2D eigenvalue weighted by molar-refractivity contribution is 5.72. The number of methoxy groups -OCH3 is 1. The minimum atomic E-state index is -0.210. The van der Waals surface area contributed by atoms with Crippen LogP contribution in [0.5, 0.6) is 0 Å². The molecule has 3 aromatic carbocycles. The first-order valence-corrected chi connectivity index (χ1v) is 17.1. The minimum Gasteiger partial charge on any atom is -0.498 e. The number of aliphatic hydroxyl groups is 1. The molecule has 9 nitrogen and oxygen atoms in total. The maximum Gasteiger partial charge on any atom is 0.310 e. The van der Waals surface area contributed by atoms with Crippen LogP contribution >= 0.6 is 0 Å². The van der Waals surface area contributed by atoms with E-state index in [0.717, 1.165) is 50.5 Å². The van der Waals surface area contributed by atoms with E-state index in [2.05, 4.69) is 11.3 Å². The van der Waals surface area contributed by atoms with Crippen molar-refractivity contribution in [2.45, 2.75) is 58.8 Å². The molecule has 0 aliphatic heterocycles. The third kappa shape index (κ3) is 37.7. The Kier molecular flexibility index (Phi) is 38.9. The van der Waals surface area contributed by atoms with Crippen LogP contribution in [0.15, 0.2) is 146 Å². The second-order valence-corrected chi connectivity index (χ2v) is 10.4. The van der Waals surface area contributed by atoms with E-state index < -0.39 is 0 Å². The maximum absolute atomic E-state index is 11.5. The molecule has 0 spiro atoms. The lowest BCUT2D eigenvalue weighted by Crippen LogP contribution is -2.19. The van der Waals surface area contributed by atoms with Crippen LogP contribution < -0.4 is 0 Å². The second-order valence-electron chi connectivity index (χ2n) is 10.4. The minimum absolute atomic E-state index is 0.199. The summed E-state index contributed by atoms with van der Waals surface area (Å²) >= 11 is 0. The van der Waals surface area contributed by atoms with Crippen LogP contribution in [0.2, 0.25) is 0 Å². The molecule has 1 unspecified atom stereocenters. The van der Waals surface area contributed by atoms with Gasteiger partial charge < -0.3 is 28.8 Å². The molecule has 0 heterocycles. The van der Waals surface area contributed by atoms with Crippen molar-refractivity contribution in [1.29, 1.82) is 0 Å². The molecule has 280 valence electrons. The molecule has 1 N–H and O–H groups in total. The van der Waals surface area contributed by atoms with Crippen molar-refractivity contribution in [1.82, 2.24) is 0 Å². The summed E-state index contributed by atoms with van der Waals surface area (Å²) in [5.74, 6) is 1.19. The number of carbonyl (C=O) groups is 3. The first-order valence-electron chi connectivity index (χ1n) is 17.1. The van der Waals surface area contributed by atoms with Crippen LogP contribution in [0, 0.1) is 5.92 Å². The summed E-state index contributed by atoms with van der Waals surface area (Å²) in [6, 6.07) is 36.0. The molecule has 0 aromatic heterocycles. The summed E-state index contributed by atoms with van der Waals surface area (Å²) in [6.45, 7) is 9.43. The van der Waals surface area contributed by atoms with Gasteiger partial charge in [0.1, 0.15) is 5.76 Å². The van der Waals surface area contributed by atoms with Gasteiger partial charge in [0.25, 0.3) is 12.9 Å². The van der Waals surface area contributed by atoms with Crippen LogP contribution in [0.1, 0.15) is 58.8 Å². The van der Waals surface area contributed by atoms with Gasteiger partial charge in [0, 0.05) is 26.6 Å². The average molecular weight is 707 g/mol. The molecule has 4 rings (SSSR count). The summed E-state index contributed by atoms with van der Waals surface area (Å²) in [5.41, 5.74) is 0. The fourth-order valence-corrected chi connectivity index (χ4v) is 3.47. The van der Waals surface area contributed by atoms with Gasteiger partial charge in [0.05, 0.1) is 37.8 Å². The molecule has 3 aromatic rings. The van der Waals surface area contributed by atoms with E-state index in [1.165, 1.54) is 0 Å². The lowest BCUT2D eigenvalue weighted by Gasteiger charge is -2.14. The number of aliphatic hydroxyl groups excluding tert-OH is 1. The van der Waals surface area contributed by atoms with Gasteiger partial charge in [-0.2, -0.15) is 0 Å². The molecule has 1 aliphatic rings. The first-order chi connectivity index (χ1) is 25.0. The fourth-order valence-electron chi connectivity index (χ4n) is 3.47. The standard InChI is InChI=1S/C18H28O6.3C6H6.C3H4O2.C3H8O/c1-15(13-21-2)18(20)23-12-6-4-3-5-11-22-16-7-9-17(10-8-16)24-14-19;3*1-2-4-6-5-3-1;1-2-5-3-4;1-2-3-4/h7,9,14-15H,3-6,8,10-13H2,1-2H3;3*1-6H;2-3H,1H2;4H,2-3H2,1H3. The number of hydrogen-bond donors (Lipinski definition) is 1. The SMILES string of the molecule is C=COC=O.CCCO.COCC(C)C(=O)OCCCCCCOC1=CC=C(OC=O)CC1.c1ccccc1.c1ccccc1.c1ccccc1. The summed E-state index contributed by atoms with van der Waals surface area (Å²) in [7, 11) is 1.57. The number of carbonyl (C=O) groups excluding carboxylic acids is 3. The summed E-state index contributed by atoms with van der Waals surface area (Å²) < 4.78 is 24.5. The van der Waals surface area contributed by atoms with Crippen LogP contribution in [0.25, 0.3) is 0 Å². The molecule has 1 aliphatic carbocycles. The van der Waals surface area contributed by atoms with E-state index in [1.54, 1.807) is 20.1 Å². The number of unbranched alkanes of at least 4 members (excludes halogenated alkanes) is 3. The number of rotatable bonds is 16. The summed E-state index contributed by atoms with van der Waals surface area (Å²) in [6.07, 6.45) is 10.9. The number of benzene rings is 3. The fraction of sp³-hybridized carbons (Fsp3) is 0.357. The van der Waals surface area contributed by atoms with E-state index in [1.807, 2.05) is 122 Å². The van der Waals surface area contributed by atoms with E-state index >= 15 is 0 Å². The molecule has 0 radical (unpaired) electrons. The van der Waals surface area contributed by atoms with Gasteiger partial charge in [-0.15, -0.1) is 0 Å². The van der Waals surface area contributed by atoms with E-state index in [4.69, 9.17) is 28.8 Å². The molecule has 0 bridgehead atoms. The van der Waals surface area contributed by atoms with Gasteiger partial charge in [-0.25, -0.2) is 0 Å². The monoisotopic (exact) mass is 706 g/mol. The predicted molar refractivity (Wildman–Crippen MR) is 203 cm³/mol. The Hall–Kier alpha value is -4.99. The molecule has 0 saturated heterocycles. The highest BCUT2D eigenvalue weighted by Crippen LogP contribution is 2.19. The van der Waals surface area contributed by atoms with Crippen molar-refractivity contribution in [3.05, 3.63) is 146 Å². The average Bonchev–Trinajstić information content (AvgIpc) is 3.20. The van der Waals surface area contributed by atoms with Gasteiger partial charge in [0.15, 0.2) is 0 Å². The lowest BCUT2D eigenvalue weighted by atomic mass is 10.1. The molecule has 0 fully saturated rings. The number of ether oxygens (including phenoxy) is 5. The Labute approximate surface area is 305 Å². The zero-order valence-electron chi connectivity index (χ0n) is 30.6. The van der Waals surface area contributed by atoms with Gasteiger partial charge in [-0.1, -0.05) is 123 Å². The summed E-state index contributed by atoms with van der Waals surface area (Å²) in [4.78, 5) is 30.9. The van der Waals surface area contributed by atoms with Crippen LogP contribution in [-0.4, -0.2) is 57.6 Å². The van der Waals surface area contributed by atoms with Gasteiger partial charge in [-0.3, -0.25) is 14.4 Å². The Bertz CT molecular complexity index is 1050. The molecule has 51 heavy (non-hydrogen) atoms. The highest BCUT2D eigenvalue weighted by Gasteiger charge is 2.13. The molecule has 0 amide bonds. The van der Waals surface area contributed by atoms with Crippen LogP contribution in [0.3, 0.4) is 0 Å². The largest absolute Gasteiger partial charge is 0.498 e. The third-order valence-corrected chi connectivity index (χ3v) is 6.04. The highest BCUT2D eigenvalue weighted by atomic mass is 16.5. The van der Waals surface area contributed by atoms with E-state index in [9.17, 15) is 9.59 Å². The van der Waals surface area contributed by atoms with Gasteiger partial charge >= 0.3 is 5.97 Å². The molecular formula is C42H58O9. The Morgan fingerprint density at radius 2 is 1.14 bits per heavy atom. The second kappa shape index (κ2) is 41.2. The quantitative estimate of drug-likeness (QED) is 0.0512. The first kappa shape index (κ1) is 48.1. The van der Waals surface area contributed by atoms with Crippen molar-refractivity contribution in [3.63, 3.8) is 0 Å². The molecule has 1 atom stereocenters. The Morgan fingerprint density at radius 1 is 0.725 bits per heavy atom. The van der Waals surface area contributed by atoms with E-state index in [0.29, 0.717) is 51.6 Å². The zero-order valence-corrected chi connectivity index (χ0v) is 30.6. The zero-order chi connectivity index (χ0) is 37.9. The Balaban J connectivity index is 0. The number of esters is 1. The van der Waals surface area contributed by atoms with Crippen molar-refractivity contribution < 1.29 is 43.2 Å². The number of hydrogen-bond acceptors (Lipinski definition) is 9. The molecule has 9 heteroatoms. The molecule has 0 saturated carbocycles. The van der Waals surface area contributed by atoms with E-state index in [-0.39, 0.29) is 11.9 Å². The van der Waals surface area contributed by atoms with Crippen molar-refractivity contribution in [3.8, 4) is 0 Å². The Morgan fingerprint density at radius 3 is 1.45 bits per heavy atom. The topological polar surface area (TPSA) is 118 Å². The van der Waals surface area contributed by atoms with Gasteiger partial charge in [-0.05, 0) is 51.2 Å².